The molecular weight excluding hydrogens is 406 g/mol. The molecule has 0 bridgehead atoms. The molecule has 9 heteroatoms. The van der Waals surface area contributed by atoms with E-state index >= 15 is 0 Å². The van der Waals surface area contributed by atoms with E-state index in [1.165, 1.54) is 4.31 Å². The maximum absolute atomic E-state index is 13.1. The van der Waals surface area contributed by atoms with Gasteiger partial charge < -0.3 is 13.8 Å². The van der Waals surface area contributed by atoms with Crippen molar-refractivity contribution in [3.63, 3.8) is 0 Å². The first-order valence-electron chi connectivity index (χ1n) is 9.84. The van der Waals surface area contributed by atoms with Gasteiger partial charge in [-0.3, -0.25) is 4.79 Å². The molecule has 1 fully saturated rings. The molecule has 4 rings (SSSR count). The molecule has 8 nitrogen and oxygen atoms in total. The minimum atomic E-state index is -3.72. The van der Waals surface area contributed by atoms with E-state index in [9.17, 15) is 13.2 Å². The summed E-state index contributed by atoms with van der Waals surface area (Å²) in [6, 6.07) is 4.00. The minimum Gasteiger partial charge on any atom is -0.450 e. The smallest absolute Gasteiger partial charge is 0.289 e. The third kappa shape index (κ3) is 3.13. The first-order chi connectivity index (χ1) is 14.1. The molecule has 0 atom stereocenters. The zero-order valence-electron chi connectivity index (χ0n) is 17.8. The van der Waals surface area contributed by atoms with Gasteiger partial charge in [0.1, 0.15) is 16.2 Å². The van der Waals surface area contributed by atoms with Crippen LogP contribution >= 0.6 is 0 Å². The van der Waals surface area contributed by atoms with Gasteiger partial charge in [-0.1, -0.05) is 17.3 Å². The SMILES string of the molecule is Cc1noc(C)c1S(=O)(=O)N1CCN(C(=O)c2oc3c(C)ccc(C)c3c2C)CC1. The highest BCUT2D eigenvalue weighted by molar-refractivity contribution is 7.89. The number of piperazine rings is 1. The summed E-state index contributed by atoms with van der Waals surface area (Å²) in [6.07, 6.45) is 0. The van der Waals surface area contributed by atoms with E-state index in [0.29, 0.717) is 11.5 Å². The van der Waals surface area contributed by atoms with Crippen LogP contribution in [0.5, 0.6) is 0 Å². The van der Waals surface area contributed by atoms with Crippen molar-refractivity contribution < 1.29 is 22.2 Å². The number of furan rings is 1. The Morgan fingerprint density at radius 1 is 1.00 bits per heavy atom. The lowest BCUT2D eigenvalue weighted by molar-refractivity contribution is 0.0667. The number of sulfonamides is 1. The molecule has 1 aliphatic rings. The Hall–Kier alpha value is -2.65. The zero-order valence-corrected chi connectivity index (χ0v) is 18.6. The van der Waals surface area contributed by atoms with Crippen LogP contribution in [0.25, 0.3) is 11.0 Å². The molecule has 0 saturated carbocycles. The molecule has 3 heterocycles. The van der Waals surface area contributed by atoms with Crippen molar-refractivity contribution in [3.05, 3.63) is 46.0 Å². The number of hydrogen-bond donors (Lipinski definition) is 0. The Morgan fingerprint density at radius 2 is 1.63 bits per heavy atom. The summed E-state index contributed by atoms with van der Waals surface area (Å²) in [7, 11) is -3.72. The number of carbonyl (C=O) groups is 1. The first-order valence-corrected chi connectivity index (χ1v) is 11.3. The van der Waals surface area contributed by atoms with Gasteiger partial charge in [0.05, 0.1) is 0 Å². The number of aromatic nitrogens is 1. The number of fused-ring (bicyclic) bond motifs is 1. The Labute approximate surface area is 175 Å². The molecule has 0 unspecified atom stereocenters. The molecule has 0 N–H and O–H groups in total. The Balaban J connectivity index is 1.56. The number of carbonyl (C=O) groups excluding carboxylic acids is 1. The van der Waals surface area contributed by atoms with Gasteiger partial charge in [-0.2, -0.15) is 4.31 Å². The summed E-state index contributed by atoms with van der Waals surface area (Å²) >= 11 is 0. The third-order valence-corrected chi connectivity index (χ3v) is 7.91. The molecule has 0 aliphatic carbocycles. The molecular formula is C21H25N3O5S. The van der Waals surface area contributed by atoms with E-state index < -0.39 is 10.0 Å². The average Bonchev–Trinajstić information content (AvgIpc) is 3.24. The largest absolute Gasteiger partial charge is 0.450 e. The predicted octanol–water partition coefficient (Wildman–Crippen LogP) is 3.11. The normalized spacial score (nSPS) is 15.8. The van der Waals surface area contributed by atoms with Crippen LogP contribution in [0.15, 0.2) is 26.0 Å². The van der Waals surface area contributed by atoms with Crippen LogP contribution in [0.3, 0.4) is 0 Å². The molecule has 0 radical (unpaired) electrons. The number of hydrogen-bond acceptors (Lipinski definition) is 6. The number of benzene rings is 1. The van der Waals surface area contributed by atoms with Gasteiger partial charge in [-0.15, -0.1) is 0 Å². The molecule has 30 heavy (non-hydrogen) atoms. The Bertz CT molecular complexity index is 1230. The van der Waals surface area contributed by atoms with Crippen molar-refractivity contribution in [2.24, 2.45) is 0 Å². The quantitative estimate of drug-likeness (QED) is 0.632. The van der Waals surface area contributed by atoms with Gasteiger partial charge in [-0.05, 0) is 45.7 Å². The first kappa shape index (κ1) is 20.6. The summed E-state index contributed by atoms with van der Waals surface area (Å²) in [5.41, 5.74) is 3.94. The maximum atomic E-state index is 13.1. The maximum Gasteiger partial charge on any atom is 0.289 e. The lowest BCUT2D eigenvalue weighted by Crippen LogP contribution is -2.50. The molecule has 160 valence electrons. The van der Waals surface area contributed by atoms with Gasteiger partial charge >= 0.3 is 0 Å². The predicted molar refractivity (Wildman–Crippen MR) is 111 cm³/mol. The lowest BCUT2D eigenvalue weighted by Gasteiger charge is -2.33. The summed E-state index contributed by atoms with van der Waals surface area (Å²) in [4.78, 5) is 14.9. The molecule has 2 aromatic heterocycles. The molecule has 1 saturated heterocycles. The van der Waals surface area contributed by atoms with Crippen molar-refractivity contribution in [1.29, 1.82) is 0 Å². The number of nitrogens with zero attached hydrogens (tertiary/aromatic N) is 3. The molecule has 1 amide bonds. The standard InChI is InChI=1S/C21H25N3O5S/c1-12-6-7-13(2)18-17(12)14(3)19(28-18)21(25)23-8-10-24(11-9-23)30(26,27)20-15(4)22-29-16(20)5/h6-7H,8-11H2,1-5H3. The van der Waals surface area contributed by atoms with E-state index in [2.05, 4.69) is 5.16 Å². The summed E-state index contributed by atoms with van der Waals surface area (Å²) in [6.45, 7) is 10.0. The highest BCUT2D eigenvalue weighted by Crippen LogP contribution is 2.32. The van der Waals surface area contributed by atoms with E-state index in [0.717, 1.165) is 27.7 Å². The van der Waals surface area contributed by atoms with Crippen LogP contribution in [0.2, 0.25) is 0 Å². The third-order valence-electron chi connectivity index (χ3n) is 5.77. The summed E-state index contributed by atoms with van der Waals surface area (Å²) < 4.78 is 38.3. The summed E-state index contributed by atoms with van der Waals surface area (Å²) in [5.74, 6) is 0.385. The number of amides is 1. The van der Waals surface area contributed by atoms with Crippen molar-refractivity contribution in [1.82, 2.24) is 14.4 Å². The average molecular weight is 432 g/mol. The Morgan fingerprint density at radius 3 is 2.20 bits per heavy atom. The van der Waals surface area contributed by atoms with E-state index in [4.69, 9.17) is 8.94 Å². The molecule has 1 aliphatic heterocycles. The van der Waals surface area contributed by atoms with Gasteiger partial charge in [0.2, 0.25) is 10.0 Å². The highest BCUT2D eigenvalue weighted by atomic mass is 32.2. The van der Waals surface area contributed by atoms with Gasteiger partial charge in [0, 0.05) is 37.1 Å². The van der Waals surface area contributed by atoms with Crippen LogP contribution in [-0.4, -0.2) is 54.9 Å². The lowest BCUT2D eigenvalue weighted by atomic mass is 10.0. The number of rotatable bonds is 3. The second-order valence-corrected chi connectivity index (χ2v) is 9.68. The van der Waals surface area contributed by atoms with Crippen LogP contribution in [0.4, 0.5) is 0 Å². The van der Waals surface area contributed by atoms with Gasteiger partial charge in [0.25, 0.3) is 5.91 Å². The van der Waals surface area contributed by atoms with E-state index in [1.807, 2.05) is 32.9 Å². The second-order valence-electron chi connectivity index (χ2n) is 7.81. The Kier molecular flexibility index (Phi) is 4.98. The monoisotopic (exact) mass is 431 g/mol. The van der Waals surface area contributed by atoms with Gasteiger partial charge in [0.15, 0.2) is 11.5 Å². The molecule has 0 spiro atoms. The van der Waals surface area contributed by atoms with E-state index in [-0.39, 0.29) is 42.7 Å². The van der Waals surface area contributed by atoms with Crippen LogP contribution in [0, 0.1) is 34.6 Å². The van der Waals surface area contributed by atoms with Crippen LogP contribution < -0.4 is 0 Å². The topological polar surface area (TPSA) is 96.9 Å². The molecule has 1 aromatic carbocycles. The zero-order chi connectivity index (χ0) is 21.8. The van der Waals surface area contributed by atoms with Crippen molar-refractivity contribution in [3.8, 4) is 0 Å². The van der Waals surface area contributed by atoms with Crippen LogP contribution in [-0.2, 0) is 10.0 Å². The minimum absolute atomic E-state index is 0.112. The fourth-order valence-corrected chi connectivity index (χ4v) is 5.84. The van der Waals surface area contributed by atoms with E-state index in [1.54, 1.807) is 18.7 Å². The second kappa shape index (κ2) is 7.24. The summed E-state index contributed by atoms with van der Waals surface area (Å²) in [5, 5.41) is 4.72. The van der Waals surface area contributed by atoms with Gasteiger partial charge in [-0.25, -0.2) is 8.42 Å². The van der Waals surface area contributed by atoms with Crippen LogP contribution in [0.1, 0.15) is 38.7 Å². The van der Waals surface area contributed by atoms with Crippen molar-refractivity contribution in [2.75, 3.05) is 26.2 Å². The molecule has 3 aromatic rings. The highest BCUT2D eigenvalue weighted by Gasteiger charge is 2.35. The number of aryl methyl sites for hydroxylation is 5. The van der Waals surface area contributed by atoms with Crippen molar-refractivity contribution >= 4 is 26.9 Å². The van der Waals surface area contributed by atoms with Crippen molar-refractivity contribution in [2.45, 2.75) is 39.5 Å². The fourth-order valence-electron chi connectivity index (χ4n) is 4.13. The fraction of sp³-hybridized carbons (Fsp3) is 0.429.